The van der Waals surface area contributed by atoms with Crippen molar-refractivity contribution in [2.75, 3.05) is 18.4 Å². The summed E-state index contributed by atoms with van der Waals surface area (Å²) < 4.78 is 0. The third-order valence-corrected chi connectivity index (χ3v) is 5.31. The van der Waals surface area contributed by atoms with Gasteiger partial charge in [0, 0.05) is 30.3 Å². The van der Waals surface area contributed by atoms with Crippen LogP contribution < -0.4 is 5.32 Å². The molecule has 136 valence electrons. The van der Waals surface area contributed by atoms with Crippen LogP contribution in [0.4, 0.5) is 5.69 Å². The fourth-order valence-electron chi connectivity index (χ4n) is 3.34. The smallest absolute Gasteiger partial charge is 0.253 e. The zero-order chi connectivity index (χ0) is 18.7. The van der Waals surface area contributed by atoms with Crippen LogP contribution in [-0.2, 0) is 4.79 Å². The van der Waals surface area contributed by atoms with Crippen molar-refractivity contribution in [3.05, 3.63) is 64.7 Å². The van der Waals surface area contributed by atoms with Crippen LogP contribution in [0.3, 0.4) is 0 Å². The van der Waals surface area contributed by atoms with Crippen LogP contribution in [0.15, 0.2) is 42.5 Å². The van der Waals surface area contributed by atoms with E-state index in [1.165, 1.54) is 5.56 Å². The van der Waals surface area contributed by atoms with E-state index in [1.807, 2.05) is 68.1 Å². The molecular weight excluding hydrogens is 324 g/mol. The number of hydrogen-bond acceptors (Lipinski definition) is 2. The van der Waals surface area contributed by atoms with Gasteiger partial charge in [-0.05, 0) is 62.9 Å². The molecule has 1 aliphatic rings. The third-order valence-electron chi connectivity index (χ3n) is 5.31. The highest BCUT2D eigenvalue weighted by Gasteiger charge is 2.28. The first-order valence-electron chi connectivity index (χ1n) is 9.18. The van der Waals surface area contributed by atoms with Gasteiger partial charge in [0.2, 0.25) is 5.91 Å². The van der Waals surface area contributed by atoms with Gasteiger partial charge in [0.1, 0.15) is 0 Å². The number of anilines is 1. The Hall–Kier alpha value is -2.62. The molecule has 1 aliphatic heterocycles. The van der Waals surface area contributed by atoms with Crippen molar-refractivity contribution in [3.63, 3.8) is 0 Å². The molecule has 1 heterocycles. The van der Waals surface area contributed by atoms with Gasteiger partial charge >= 0.3 is 0 Å². The lowest BCUT2D eigenvalue weighted by molar-refractivity contribution is -0.121. The Morgan fingerprint density at radius 3 is 2.27 bits per heavy atom. The molecule has 0 radical (unpaired) electrons. The number of carbonyl (C=O) groups excluding carboxylic acids is 2. The second kappa shape index (κ2) is 7.73. The van der Waals surface area contributed by atoms with Crippen molar-refractivity contribution in [3.8, 4) is 0 Å². The number of likely N-dealkylation sites (tertiary alicyclic amines) is 1. The van der Waals surface area contributed by atoms with Crippen LogP contribution in [0.1, 0.15) is 39.9 Å². The van der Waals surface area contributed by atoms with Gasteiger partial charge in [-0.2, -0.15) is 0 Å². The van der Waals surface area contributed by atoms with E-state index >= 15 is 0 Å². The molecule has 0 saturated carbocycles. The van der Waals surface area contributed by atoms with Crippen molar-refractivity contribution in [2.45, 2.75) is 33.6 Å². The largest absolute Gasteiger partial charge is 0.339 e. The molecule has 3 rings (SSSR count). The summed E-state index contributed by atoms with van der Waals surface area (Å²) in [7, 11) is 0. The summed E-state index contributed by atoms with van der Waals surface area (Å²) in [6, 6.07) is 13.6. The van der Waals surface area contributed by atoms with Gasteiger partial charge in [-0.15, -0.1) is 0 Å². The van der Waals surface area contributed by atoms with Crippen molar-refractivity contribution < 1.29 is 9.59 Å². The average molecular weight is 350 g/mol. The Balaban J connectivity index is 1.57. The molecule has 2 aromatic carbocycles. The molecule has 4 nitrogen and oxygen atoms in total. The van der Waals surface area contributed by atoms with Gasteiger partial charge in [-0.25, -0.2) is 0 Å². The summed E-state index contributed by atoms with van der Waals surface area (Å²) in [6.07, 6.45) is 1.41. The van der Waals surface area contributed by atoms with E-state index in [1.54, 1.807) is 0 Å². The molecule has 0 atom stereocenters. The van der Waals surface area contributed by atoms with E-state index in [4.69, 9.17) is 0 Å². The number of nitrogens with one attached hydrogen (secondary N) is 1. The lowest BCUT2D eigenvalue weighted by Crippen LogP contribution is -2.41. The standard InChI is InChI=1S/C22H26N2O2/c1-15-7-9-19(10-8-15)22(26)24-13-11-18(12-14-24)21(25)23-20-6-4-5-16(2)17(20)3/h4-10,18H,11-14H2,1-3H3,(H,23,25). The fraction of sp³-hybridized carbons (Fsp3) is 0.364. The number of nitrogens with zero attached hydrogens (tertiary/aromatic N) is 1. The van der Waals surface area contributed by atoms with Gasteiger partial charge < -0.3 is 10.2 Å². The maximum atomic E-state index is 12.6. The van der Waals surface area contributed by atoms with Gasteiger partial charge in [0.25, 0.3) is 5.91 Å². The topological polar surface area (TPSA) is 49.4 Å². The molecule has 4 heteroatoms. The predicted octanol–water partition coefficient (Wildman–Crippen LogP) is 4.10. The van der Waals surface area contributed by atoms with Gasteiger partial charge in [-0.1, -0.05) is 29.8 Å². The van der Waals surface area contributed by atoms with Crippen molar-refractivity contribution in [1.82, 2.24) is 4.90 Å². The second-order valence-electron chi connectivity index (χ2n) is 7.17. The Morgan fingerprint density at radius 1 is 0.962 bits per heavy atom. The first kappa shape index (κ1) is 18.2. The Labute approximate surface area is 155 Å². The maximum absolute atomic E-state index is 12.6. The van der Waals surface area contributed by atoms with Gasteiger partial charge in [-0.3, -0.25) is 9.59 Å². The number of piperidine rings is 1. The minimum atomic E-state index is -0.0445. The van der Waals surface area contributed by atoms with Gasteiger partial charge in [0.05, 0.1) is 0 Å². The second-order valence-corrected chi connectivity index (χ2v) is 7.17. The highest BCUT2D eigenvalue weighted by molar-refractivity contribution is 5.95. The number of aryl methyl sites for hydroxylation is 2. The number of amides is 2. The molecule has 0 spiro atoms. The number of benzene rings is 2. The molecule has 1 fully saturated rings. The van der Waals surface area contributed by atoms with E-state index in [-0.39, 0.29) is 17.7 Å². The quantitative estimate of drug-likeness (QED) is 0.906. The molecule has 0 bridgehead atoms. The van der Waals surface area contributed by atoms with Crippen LogP contribution in [0, 0.1) is 26.7 Å². The Kier molecular flexibility index (Phi) is 5.40. The summed E-state index contributed by atoms with van der Waals surface area (Å²) in [4.78, 5) is 27.0. The minimum absolute atomic E-state index is 0.0445. The van der Waals surface area contributed by atoms with Crippen LogP contribution >= 0.6 is 0 Å². The van der Waals surface area contributed by atoms with Crippen LogP contribution in [0.25, 0.3) is 0 Å². The zero-order valence-corrected chi connectivity index (χ0v) is 15.7. The maximum Gasteiger partial charge on any atom is 0.253 e. The van der Waals surface area contributed by atoms with E-state index in [2.05, 4.69) is 5.32 Å². The molecule has 1 saturated heterocycles. The summed E-state index contributed by atoms with van der Waals surface area (Å²) in [5, 5.41) is 3.06. The Morgan fingerprint density at radius 2 is 1.62 bits per heavy atom. The monoisotopic (exact) mass is 350 g/mol. The van der Waals surface area contributed by atoms with E-state index in [9.17, 15) is 9.59 Å². The Bertz CT molecular complexity index is 803. The normalized spacial score (nSPS) is 15.0. The first-order chi connectivity index (χ1) is 12.5. The molecular formula is C22H26N2O2. The number of hydrogen-bond donors (Lipinski definition) is 1. The van der Waals surface area contributed by atoms with Crippen molar-refractivity contribution in [2.24, 2.45) is 5.92 Å². The molecule has 1 N–H and O–H groups in total. The van der Waals surface area contributed by atoms with Crippen molar-refractivity contribution in [1.29, 1.82) is 0 Å². The minimum Gasteiger partial charge on any atom is -0.339 e. The SMILES string of the molecule is Cc1ccc(C(=O)N2CCC(C(=O)Nc3cccc(C)c3C)CC2)cc1. The van der Waals surface area contributed by atoms with Crippen LogP contribution in [0.5, 0.6) is 0 Å². The highest BCUT2D eigenvalue weighted by atomic mass is 16.2. The molecule has 0 aromatic heterocycles. The summed E-state index contributed by atoms with van der Waals surface area (Å²) in [6.45, 7) is 7.32. The lowest BCUT2D eigenvalue weighted by Gasteiger charge is -2.31. The van der Waals surface area contributed by atoms with E-state index in [0.717, 1.165) is 16.8 Å². The number of rotatable bonds is 3. The lowest BCUT2D eigenvalue weighted by atomic mass is 9.95. The van der Waals surface area contributed by atoms with Crippen LogP contribution in [-0.4, -0.2) is 29.8 Å². The predicted molar refractivity (Wildman–Crippen MR) is 104 cm³/mol. The summed E-state index contributed by atoms with van der Waals surface area (Å²) in [5.74, 6) is 0.0662. The van der Waals surface area contributed by atoms with E-state index in [0.29, 0.717) is 31.5 Å². The molecule has 26 heavy (non-hydrogen) atoms. The van der Waals surface area contributed by atoms with Crippen LogP contribution in [0.2, 0.25) is 0 Å². The average Bonchev–Trinajstić information content (AvgIpc) is 2.65. The molecule has 0 aliphatic carbocycles. The summed E-state index contributed by atoms with van der Waals surface area (Å²) >= 11 is 0. The molecule has 2 amide bonds. The molecule has 0 unspecified atom stereocenters. The fourth-order valence-corrected chi connectivity index (χ4v) is 3.34. The molecule has 2 aromatic rings. The van der Waals surface area contributed by atoms with E-state index < -0.39 is 0 Å². The van der Waals surface area contributed by atoms with Crippen molar-refractivity contribution >= 4 is 17.5 Å². The number of carbonyl (C=O) groups is 2. The van der Waals surface area contributed by atoms with Gasteiger partial charge in [0.15, 0.2) is 0 Å². The third kappa shape index (κ3) is 3.96. The highest BCUT2D eigenvalue weighted by Crippen LogP contribution is 2.23. The summed E-state index contributed by atoms with van der Waals surface area (Å²) in [5.41, 5.74) is 5.01. The zero-order valence-electron chi connectivity index (χ0n) is 15.7. The first-order valence-corrected chi connectivity index (χ1v) is 9.18.